The maximum Gasteiger partial charge on any atom is 0.136 e. The first-order valence-corrected chi connectivity index (χ1v) is 49.7. The predicted molar refractivity (Wildman–Crippen MR) is 595 cm³/mol. The summed E-state index contributed by atoms with van der Waals surface area (Å²) in [6.45, 7) is 0. The first-order valence-electron chi connectivity index (χ1n) is 46.4. The second-order valence-electron chi connectivity index (χ2n) is 35.6. The molecule has 0 aliphatic rings. The Balaban J connectivity index is 0.000000102. The average molecular weight is 1820 g/mol. The largest absolute Gasteiger partial charge is 0.456 e. The number of thiophene rings is 4. The monoisotopic (exact) mass is 1820 g/mol. The molecule has 0 spiro atoms. The van der Waals surface area contributed by atoms with Crippen LogP contribution in [0.1, 0.15) is 0 Å². The van der Waals surface area contributed by atoms with E-state index in [2.05, 4.69) is 470 Å². The van der Waals surface area contributed by atoms with Crippen LogP contribution in [0.15, 0.2) is 476 Å². The van der Waals surface area contributed by atoms with Gasteiger partial charge in [0.25, 0.3) is 0 Å². The zero-order valence-electron chi connectivity index (χ0n) is 73.7. The number of hydrogen-bond donors (Lipinski definition) is 0. The van der Waals surface area contributed by atoms with Crippen molar-refractivity contribution in [1.82, 2.24) is 0 Å². The molecule has 0 N–H and O–H groups in total. The summed E-state index contributed by atoms with van der Waals surface area (Å²) >= 11 is 7.49. The molecule has 30 rings (SSSR count). The first-order chi connectivity index (χ1) is 67.9. The Hall–Kier alpha value is -16.8. The van der Waals surface area contributed by atoms with Crippen molar-refractivity contribution >= 4 is 307 Å². The van der Waals surface area contributed by atoms with Gasteiger partial charge in [-0.3, -0.25) is 0 Å². The second kappa shape index (κ2) is 32.0. The van der Waals surface area contributed by atoms with Crippen LogP contribution in [0.3, 0.4) is 0 Å². The van der Waals surface area contributed by atoms with Gasteiger partial charge in [0.15, 0.2) is 0 Å². The van der Waals surface area contributed by atoms with Gasteiger partial charge in [-0.2, -0.15) is 0 Å². The number of hydrogen-bond acceptors (Lipinski definition) is 9. The Bertz CT molecular complexity index is 10100. The highest BCUT2D eigenvalue weighted by Crippen LogP contribution is 2.53. The quantitative estimate of drug-likeness (QED) is 0.128. The molecular weight excluding hydrogens is 1740 g/mol. The van der Waals surface area contributed by atoms with Crippen LogP contribution in [0.4, 0.5) is 51.2 Å². The summed E-state index contributed by atoms with van der Waals surface area (Å²) in [6.07, 6.45) is 0. The van der Waals surface area contributed by atoms with E-state index in [1.807, 2.05) is 57.5 Å². The molecule has 6 aromatic heterocycles. The van der Waals surface area contributed by atoms with Gasteiger partial charge in [-0.05, 0) is 251 Å². The van der Waals surface area contributed by atoms with Crippen LogP contribution in [-0.4, -0.2) is 0 Å². The topological polar surface area (TPSA) is 36.0 Å². The summed E-state index contributed by atoms with van der Waals surface area (Å²) < 4.78 is 23.2. The van der Waals surface area contributed by atoms with Gasteiger partial charge in [0, 0.05) is 158 Å². The lowest BCUT2D eigenvalue weighted by atomic mass is 9.98. The summed E-state index contributed by atoms with van der Waals surface area (Å²) in [5, 5.41) is 35.0. The van der Waals surface area contributed by atoms with Crippen LogP contribution in [0.5, 0.6) is 0 Å². The van der Waals surface area contributed by atoms with Crippen molar-refractivity contribution in [2.75, 3.05) is 14.7 Å². The molecule has 0 aliphatic carbocycles. The molecule has 0 unspecified atom stereocenters. The van der Waals surface area contributed by atoms with Crippen molar-refractivity contribution < 1.29 is 8.83 Å². The van der Waals surface area contributed by atoms with E-state index in [1.54, 1.807) is 0 Å². The van der Waals surface area contributed by atoms with Crippen LogP contribution in [0.25, 0.3) is 222 Å². The van der Waals surface area contributed by atoms with E-state index in [4.69, 9.17) is 8.83 Å². The van der Waals surface area contributed by atoms with Gasteiger partial charge in [-0.1, -0.05) is 297 Å². The van der Waals surface area contributed by atoms with Crippen molar-refractivity contribution in [2.45, 2.75) is 0 Å². The molecule has 5 nitrogen and oxygen atoms in total. The maximum atomic E-state index is 6.39. The third-order valence-electron chi connectivity index (χ3n) is 27.8. The third kappa shape index (κ3) is 13.2. The van der Waals surface area contributed by atoms with E-state index in [9.17, 15) is 0 Å². The van der Waals surface area contributed by atoms with Crippen LogP contribution in [0, 0.1) is 0 Å². The number of nitrogens with zero attached hydrogens (tertiary/aromatic N) is 3. The Labute approximate surface area is 802 Å². The highest BCUT2D eigenvalue weighted by atomic mass is 32.1. The van der Waals surface area contributed by atoms with Gasteiger partial charge in [0.05, 0.1) is 11.4 Å². The van der Waals surface area contributed by atoms with E-state index in [-0.39, 0.29) is 0 Å². The Morgan fingerprint density at radius 1 is 0.146 bits per heavy atom. The zero-order valence-corrected chi connectivity index (χ0v) is 77.0. The molecule has 0 saturated carbocycles. The Morgan fingerprint density at radius 2 is 0.504 bits per heavy atom. The Kier molecular flexibility index (Phi) is 18.4. The van der Waals surface area contributed by atoms with E-state index in [0.29, 0.717) is 0 Å². The molecule has 137 heavy (non-hydrogen) atoms. The number of rotatable bonds is 10. The average Bonchev–Trinajstić information content (AvgIpc) is 1.68. The van der Waals surface area contributed by atoms with Gasteiger partial charge in [0.2, 0.25) is 0 Å². The van der Waals surface area contributed by atoms with E-state index in [1.165, 1.54) is 184 Å². The summed E-state index contributed by atoms with van der Waals surface area (Å²) in [7, 11) is 0. The van der Waals surface area contributed by atoms with Crippen molar-refractivity contribution in [3.05, 3.63) is 467 Å². The number of fused-ring (bicyclic) bond motifs is 31. The predicted octanol–water partition coefficient (Wildman–Crippen LogP) is 39.6. The van der Waals surface area contributed by atoms with Gasteiger partial charge >= 0.3 is 0 Å². The van der Waals surface area contributed by atoms with Crippen molar-refractivity contribution in [2.24, 2.45) is 0 Å². The second-order valence-corrected chi connectivity index (χ2v) is 39.9. The molecule has 0 atom stereocenters. The summed E-state index contributed by atoms with van der Waals surface area (Å²) in [5.74, 6) is 0. The first kappa shape index (κ1) is 78.9. The molecule has 0 aliphatic heterocycles. The lowest BCUT2D eigenvalue weighted by molar-refractivity contribution is 0.668. The lowest BCUT2D eigenvalue weighted by Gasteiger charge is -2.28. The SMILES string of the molecule is c1ccc(-c2ccc3cc(N(c4ccc5sc6ccccc6c5c4)c4ccc5oc6ccc7ccccc7c6c5c4)ccc3c2)cc1.c1ccc2c(c1)cc(N(c1ccc3oc4ccccc4c3c1)c1ccc3sc4ccc5ccccc5c4c3c1)c1ccccc12.c1ccc2cc(N(c3ccc4sc5ccc6ccccc6c5c4c3)c3cc4c5ccccc5sc4c4ccccc34)ccc2c1. The fourth-order valence-corrected chi connectivity index (χ4v) is 26.0. The number of furan rings is 2. The Morgan fingerprint density at radius 3 is 1.15 bits per heavy atom. The van der Waals surface area contributed by atoms with Crippen molar-refractivity contribution in [3.63, 3.8) is 0 Å². The number of anilines is 9. The molecule has 0 saturated heterocycles. The smallest absolute Gasteiger partial charge is 0.136 e. The maximum absolute atomic E-state index is 6.39. The standard InChI is InChI=1S/C44H27NOS.C42H25NOS.C42H25NS2/c1-2-8-28(9-3-1)30-14-15-32-25-33(18-16-31(32)24-30)45(35-20-23-43-38(26-35)37-12-6-7-13-42(37)47-43)34-19-22-40-39(27-34)44-36-11-5-4-10-29(36)17-21-41(44)46-40;1-4-12-31-26(9-1)17-21-41-42(31)36-25-29(19-22-40(36)45-41)43(28-18-20-39-35(24-28)34-15-7-8-16-38(34)44-39)37-23-27-10-2-3-11-30(27)32-13-5-6-14-33(32)37;1-2-11-28-23-29(19-17-26(28)9-1)43(30-20-22-39-36(24-30)41-31-12-4-3-10-27(31)18-21-40(41)44-39)37-25-35-33-14-7-8-16-38(33)45-42(35)34-15-6-5-13-32(34)37/h1-27H;2*1-25H. The van der Waals surface area contributed by atoms with Crippen LogP contribution < -0.4 is 14.7 Å². The molecule has 0 bridgehead atoms. The third-order valence-corrected chi connectivity index (χ3v) is 32.5. The fourth-order valence-electron chi connectivity index (χ4n) is 21.5. The molecule has 6 heterocycles. The number of benzene rings is 24. The highest BCUT2D eigenvalue weighted by Gasteiger charge is 2.27. The molecule has 0 fully saturated rings. The minimum atomic E-state index is 0.895. The minimum Gasteiger partial charge on any atom is -0.456 e. The molecule has 9 heteroatoms. The van der Waals surface area contributed by atoms with Gasteiger partial charge in [-0.25, -0.2) is 0 Å². The molecule has 30 aromatic rings. The molecular formula is C128H77N3O2S4. The summed E-state index contributed by atoms with van der Waals surface area (Å²) in [5.41, 5.74) is 16.3. The van der Waals surface area contributed by atoms with E-state index < -0.39 is 0 Å². The summed E-state index contributed by atoms with van der Waals surface area (Å²) in [6, 6.07) is 170. The van der Waals surface area contributed by atoms with Gasteiger partial charge in [-0.15, -0.1) is 45.3 Å². The van der Waals surface area contributed by atoms with Crippen molar-refractivity contribution in [3.8, 4) is 11.1 Å². The lowest BCUT2D eigenvalue weighted by Crippen LogP contribution is -2.10. The van der Waals surface area contributed by atoms with E-state index in [0.717, 1.165) is 89.4 Å². The molecule has 0 radical (unpaired) electrons. The van der Waals surface area contributed by atoms with Crippen LogP contribution in [0.2, 0.25) is 0 Å². The van der Waals surface area contributed by atoms with Crippen LogP contribution >= 0.6 is 45.3 Å². The molecule has 0 amide bonds. The van der Waals surface area contributed by atoms with E-state index >= 15 is 0 Å². The molecule has 24 aromatic carbocycles. The molecule has 640 valence electrons. The fraction of sp³-hybridized carbons (Fsp3) is 0. The van der Waals surface area contributed by atoms with Crippen LogP contribution in [-0.2, 0) is 0 Å². The minimum absolute atomic E-state index is 0.895. The van der Waals surface area contributed by atoms with Gasteiger partial charge in [0.1, 0.15) is 22.3 Å². The normalized spacial score (nSPS) is 11.9. The highest BCUT2D eigenvalue weighted by molar-refractivity contribution is 7.27. The number of para-hydroxylation sites is 1. The summed E-state index contributed by atoms with van der Waals surface area (Å²) in [4.78, 5) is 7.30. The van der Waals surface area contributed by atoms with Gasteiger partial charge < -0.3 is 23.5 Å². The zero-order chi connectivity index (χ0) is 89.9. The van der Waals surface area contributed by atoms with Crippen molar-refractivity contribution in [1.29, 1.82) is 0 Å².